The molecule has 0 aliphatic heterocycles. The molecular weight excluding hydrogens is 298 g/mol. The summed E-state index contributed by atoms with van der Waals surface area (Å²) < 4.78 is 5.25. The first-order chi connectivity index (χ1) is 11.6. The van der Waals surface area contributed by atoms with Crippen molar-refractivity contribution in [1.29, 1.82) is 0 Å². The molecule has 1 unspecified atom stereocenters. The lowest BCUT2D eigenvalue weighted by molar-refractivity contribution is -0.125. The highest BCUT2D eigenvalue weighted by molar-refractivity contribution is 5.79. The van der Waals surface area contributed by atoms with E-state index in [0.29, 0.717) is 17.9 Å². The molecule has 5 rings (SSSR count). The second-order valence-electron chi connectivity index (χ2n) is 8.60. The van der Waals surface area contributed by atoms with Crippen molar-refractivity contribution in [3.05, 3.63) is 29.8 Å². The molecule has 1 atom stereocenters. The quantitative estimate of drug-likeness (QED) is 0.889. The van der Waals surface area contributed by atoms with E-state index in [9.17, 15) is 4.79 Å². The van der Waals surface area contributed by atoms with Crippen molar-refractivity contribution in [2.45, 2.75) is 57.9 Å². The predicted molar refractivity (Wildman–Crippen MR) is 94.9 cm³/mol. The maximum atomic E-state index is 12.6. The molecule has 0 spiro atoms. The zero-order valence-corrected chi connectivity index (χ0v) is 14.9. The molecule has 3 nitrogen and oxygen atoms in total. The average Bonchev–Trinajstić information content (AvgIpc) is 2.53. The lowest BCUT2D eigenvalue weighted by Gasteiger charge is -2.59. The maximum Gasteiger partial charge on any atom is 0.224 e. The van der Waals surface area contributed by atoms with Crippen LogP contribution >= 0.6 is 0 Å². The first-order valence-electron chi connectivity index (χ1n) is 9.48. The molecule has 0 radical (unpaired) electrons. The highest BCUT2D eigenvalue weighted by Gasteiger charge is 2.53. The normalized spacial score (nSPS) is 34.8. The summed E-state index contributed by atoms with van der Waals surface area (Å²) in [7, 11) is 1.66. The van der Waals surface area contributed by atoms with E-state index in [1.54, 1.807) is 7.11 Å². The molecule has 1 aromatic rings. The third kappa shape index (κ3) is 2.94. The van der Waals surface area contributed by atoms with Gasteiger partial charge in [-0.3, -0.25) is 4.79 Å². The number of ether oxygens (including phenoxy) is 1. The van der Waals surface area contributed by atoms with Crippen molar-refractivity contribution >= 4 is 5.91 Å². The van der Waals surface area contributed by atoms with Crippen molar-refractivity contribution in [2.75, 3.05) is 7.11 Å². The third-order valence-electron chi connectivity index (χ3n) is 6.88. The standard InChI is InChI=1S/C21H29NO2/c1-14(21-11-16-6-17(12-21)8-18(7-16)13-21)22-20(23)10-15-4-3-5-19(9-15)24-2/h3-5,9,14,16-18H,6-8,10-13H2,1-2H3,(H,22,23). The van der Waals surface area contributed by atoms with Gasteiger partial charge in [-0.15, -0.1) is 0 Å². The number of nitrogens with one attached hydrogen (secondary N) is 1. The minimum Gasteiger partial charge on any atom is -0.497 e. The van der Waals surface area contributed by atoms with Gasteiger partial charge in [0.2, 0.25) is 5.91 Å². The lowest BCUT2D eigenvalue weighted by Crippen LogP contribution is -2.56. The Morgan fingerprint density at radius 1 is 1.21 bits per heavy atom. The molecule has 1 amide bonds. The first kappa shape index (κ1) is 16.0. The van der Waals surface area contributed by atoms with Crippen LogP contribution in [0.4, 0.5) is 0 Å². The highest BCUT2D eigenvalue weighted by atomic mass is 16.5. The van der Waals surface area contributed by atoms with Gasteiger partial charge in [0.1, 0.15) is 5.75 Å². The van der Waals surface area contributed by atoms with Gasteiger partial charge in [-0.1, -0.05) is 12.1 Å². The molecular formula is C21H29NO2. The molecule has 0 saturated heterocycles. The third-order valence-corrected chi connectivity index (χ3v) is 6.88. The fraction of sp³-hybridized carbons (Fsp3) is 0.667. The van der Waals surface area contributed by atoms with Crippen LogP contribution in [0.5, 0.6) is 5.75 Å². The van der Waals surface area contributed by atoms with Gasteiger partial charge in [0.25, 0.3) is 0 Å². The van der Waals surface area contributed by atoms with Crippen LogP contribution in [-0.2, 0) is 11.2 Å². The van der Waals surface area contributed by atoms with E-state index in [0.717, 1.165) is 29.1 Å². The van der Waals surface area contributed by atoms with Crippen LogP contribution < -0.4 is 10.1 Å². The summed E-state index contributed by atoms with van der Waals surface area (Å²) in [5.74, 6) is 3.73. The minimum atomic E-state index is 0.145. The molecule has 4 bridgehead atoms. The maximum absolute atomic E-state index is 12.6. The van der Waals surface area contributed by atoms with Gasteiger partial charge in [-0.2, -0.15) is 0 Å². The van der Waals surface area contributed by atoms with E-state index in [1.165, 1.54) is 38.5 Å². The topological polar surface area (TPSA) is 38.3 Å². The Hall–Kier alpha value is -1.51. The molecule has 4 aliphatic rings. The van der Waals surface area contributed by atoms with Gasteiger partial charge in [-0.05, 0) is 86.3 Å². The van der Waals surface area contributed by atoms with Crippen LogP contribution in [0.3, 0.4) is 0 Å². The van der Waals surface area contributed by atoms with Crippen molar-refractivity contribution in [3.63, 3.8) is 0 Å². The fourth-order valence-corrected chi connectivity index (χ4v) is 6.12. The molecule has 4 fully saturated rings. The smallest absolute Gasteiger partial charge is 0.224 e. The highest BCUT2D eigenvalue weighted by Crippen LogP contribution is 2.61. The number of benzene rings is 1. The Labute approximate surface area is 145 Å². The van der Waals surface area contributed by atoms with E-state index in [2.05, 4.69) is 12.2 Å². The molecule has 0 heterocycles. The first-order valence-corrected chi connectivity index (χ1v) is 9.48. The monoisotopic (exact) mass is 327 g/mol. The second-order valence-corrected chi connectivity index (χ2v) is 8.60. The summed E-state index contributed by atoms with van der Waals surface area (Å²) in [4.78, 5) is 12.6. The van der Waals surface area contributed by atoms with Crippen LogP contribution in [0.2, 0.25) is 0 Å². The van der Waals surface area contributed by atoms with Crippen molar-refractivity contribution in [2.24, 2.45) is 23.2 Å². The van der Waals surface area contributed by atoms with Crippen LogP contribution in [0.15, 0.2) is 24.3 Å². The van der Waals surface area contributed by atoms with Crippen LogP contribution in [0.25, 0.3) is 0 Å². The largest absolute Gasteiger partial charge is 0.497 e. The summed E-state index contributed by atoms with van der Waals surface area (Å²) >= 11 is 0. The zero-order chi connectivity index (χ0) is 16.7. The van der Waals surface area contributed by atoms with E-state index < -0.39 is 0 Å². The molecule has 1 aromatic carbocycles. The van der Waals surface area contributed by atoms with E-state index in [-0.39, 0.29) is 5.91 Å². The molecule has 130 valence electrons. The number of methoxy groups -OCH3 is 1. The van der Waals surface area contributed by atoms with E-state index >= 15 is 0 Å². The number of carbonyl (C=O) groups is 1. The Bertz CT molecular complexity index is 589. The Morgan fingerprint density at radius 3 is 2.42 bits per heavy atom. The van der Waals surface area contributed by atoms with E-state index in [1.807, 2.05) is 24.3 Å². The SMILES string of the molecule is COc1cccc(CC(=O)NC(C)C23CC4CC(CC(C4)C2)C3)c1. The molecule has 3 heteroatoms. The van der Waals surface area contributed by atoms with Crippen LogP contribution in [-0.4, -0.2) is 19.1 Å². The minimum absolute atomic E-state index is 0.145. The molecule has 1 N–H and O–H groups in total. The summed E-state index contributed by atoms with van der Waals surface area (Å²) in [6.45, 7) is 2.25. The summed E-state index contributed by atoms with van der Waals surface area (Å²) in [6.07, 6.45) is 8.78. The van der Waals surface area contributed by atoms with Gasteiger partial charge in [0.05, 0.1) is 13.5 Å². The van der Waals surface area contributed by atoms with Crippen LogP contribution in [0, 0.1) is 23.2 Å². The van der Waals surface area contributed by atoms with Gasteiger partial charge in [0.15, 0.2) is 0 Å². The number of amides is 1. The summed E-state index contributed by atoms with van der Waals surface area (Å²) in [6, 6.07) is 8.11. The average molecular weight is 327 g/mol. The molecule has 4 saturated carbocycles. The lowest BCUT2D eigenvalue weighted by atomic mass is 9.48. The predicted octanol–water partition coefficient (Wildman–Crippen LogP) is 3.96. The van der Waals surface area contributed by atoms with E-state index in [4.69, 9.17) is 4.74 Å². The molecule has 4 aliphatic carbocycles. The second kappa shape index (κ2) is 6.09. The zero-order valence-electron chi connectivity index (χ0n) is 14.9. The summed E-state index contributed by atoms with van der Waals surface area (Å²) in [5.41, 5.74) is 1.39. The van der Waals surface area contributed by atoms with Crippen molar-refractivity contribution < 1.29 is 9.53 Å². The number of hydrogen-bond donors (Lipinski definition) is 1. The molecule has 24 heavy (non-hydrogen) atoms. The Kier molecular flexibility index (Phi) is 4.06. The summed E-state index contributed by atoms with van der Waals surface area (Å²) in [5, 5.41) is 3.34. The number of rotatable bonds is 5. The number of hydrogen-bond acceptors (Lipinski definition) is 2. The number of carbonyl (C=O) groups excluding carboxylic acids is 1. The van der Waals surface area contributed by atoms with Gasteiger partial charge >= 0.3 is 0 Å². The van der Waals surface area contributed by atoms with Crippen molar-refractivity contribution in [1.82, 2.24) is 5.32 Å². The Morgan fingerprint density at radius 2 is 1.83 bits per heavy atom. The van der Waals surface area contributed by atoms with Gasteiger partial charge in [-0.25, -0.2) is 0 Å². The van der Waals surface area contributed by atoms with Gasteiger partial charge in [0, 0.05) is 6.04 Å². The van der Waals surface area contributed by atoms with Crippen molar-refractivity contribution in [3.8, 4) is 5.75 Å². The fourth-order valence-electron chi connectivity index (χ4n) is 6.12. The van der Waals surface area contributed by atoms with Crippen LogP contribution in [0.1, 0.15) is 51.0 Å². The molecule has 0 aromatic heterocycles. The Balaban J connectivity index is 1.40. The van der Waals surface area contributed by atoms with Gasteiger partial charge < -0.3 is 10.1 Å².